The third kappa shape index (κ3) is 3.38. The Morgan fingerprint density at radius 3 is 2.50 bits per heavy atom. The van der Waals surface area contributed by atoms with Gasteiger partial charge in [-0.2, -0.15) is 0 Å². The fraction of sp³-hybridized carbons (Fsp3) is 0.188. The number of carbonyl (C=O) groups is 1. The molecule has 0 aliphatic heterocycles. The molecule has 0 atom stereocenters. The van der Waals surface area contributed by atoms with Gasteiger partial charge in [-0.25, -0.2) is 9.97 Å². The third-order valence-corrected chi connectivity index (χ3v) is 4.30. The van der Waals surface area contributed by atoms with E-state index in [0.29, 0.717) is 11.0 Å². The Bertz CT molecular complexity index is 859. The lowest BCUT2D eigenvalue weighted by molar-refractivity contribution is 0.102. The van der Waals surface area contributed by atoms with Gasteiger partial charge in [-0.15, -0.1) is 10.2 Å². The molecule has 1 aromatic carbocycles. The zero-order valence-electron chi connectivity index (χ0n) is 13.2. The van der Waals surface area contributed by atoms with Crippen LogP contribution in [0.4, 0.5) is 10.9 Å². The molecule has 1 amide bonds. The summed E-state index contributed by atoms with van der Waals surface area (Å²) < 4.78 is 0. The average Bonchev–Trinajstić information content (AvgIpc) is 3.03. The molecule has 0 fully saturated rings. The van der Waals surface area contributed by atoms with Crippen LogP contribution in [0.25, 0.3) is 10.6 Å². The number of nitrogen functional groups attached to an aromatic ring is 1. The van der Waals surface area contributed by atoms with Crippen molar-refractivity contribution in [2.45, 2.75) is 19.8 Å². The van der Waals surface area contributed by atoms with Gasteiger partial charge in [-0.05, 0) is 11.5 Å². The van der Waals surface area contributed by atoms with Crippen LogP contribution in [-0.2, 0) is 0 Å². The first-order valence-corrected chi connectivity index (χ1v) is 8.18. The Hall–Kier alpha value is -2.87. The molecule has 122 valence electrons. The monoisotopic (exact) mass is 340 g/mol. The Morgan fingerprint density at radius 1 is 1.12 bits per heavy atom. The minimum absolute atomic E-state index is 0.0653. The second kappa shape index (κ2) is 6.71. The molecule has 0 bridgehead atoms. The smallest absolute Gasteiger partial charge is 0.279 e. The topological polar surface area (TPSA) is 107 Å². The number of carbonyl (C=O) groups excluding carboxylic acids is 1. The molecule has 8 heteroatoms. The van der Waals surface area contributed by atoms with Gasteiger partial charge in [0, 0.05) is 18.0 Å². The van der Waals surface area contributed by atoms with Crippen molar-refractivity contribution in [2.24, 2.45) is 0 Å². The minimum Gasteiger partial charge on any atom is -0.382 e. The standard InChI is InChI=1S/C16H16N6OS/c1-9(2)10-3-5-11(6-4-10)15-21-22-16(24-15)20-14(23)12-13(17)19-8-7-18-12/h3-9H,1-2H3,(H2,17,19)(H,20,22,23). The van der Waals surface area contributed by atoms with Crippen LogP contribution in [0, 0.1) is 0 Å². The first-order valence-electron chi connectivity index (χ1n) is 7.36. The third-order valence-electron chi connectivity index (χ3n) is 3.41. The van der Waals surface area contributed by atoms with Gasteiger partial charge in [0.15, 0.2) is 11.5 Å². The molecule has 0 radical (unpaired) electrons. The van der Waals surface area contributed by atoms with Gasteiger partial charge in [0.25, 0.3) is 5.91 Å². The van der Waals surface area contributed by atoms with Crippen LogP contribution < -0.4 is 11.1 Å². The summed E-state index contributed by atoms with van der Waals surface area (Å²) in [4.78, 5) is 19.9. The van der Waals surface area contributed by atoms with E-state index in [4.69, 9.17) is 5.73 Å². The number of hydrogen-bond acceptors (Lipinski definition) is 7. The van der Waals surface area contributed by atoms with E-state index in [2.05, 4.69) is 51.5 Å². The van der Waals surface area contributed by atoms with Crippen molar-refractivity contribution in [3.63, 3.8) is 0 Å². The Balaban J connectivity index is 1.76. The van der Waals surface area contributed by atoms with E-state index in [0.717, 1.165) is 10.6 Å². The van der Waals surface area contributed by atoms with Gasteiger partial charge in [-0.3, -0.25) is 10.1 Å². The molecule has 0 saturated heterocycles. The van der Waals surface area contributed by atoms with Crippen LogP contribution in [0.1, 0.15) is 35.8 Å². The Labute approximate surface area is 143 Å². The normalized spacial score (nSPS) is 10.8. The van der Waals surface area contributed by atoms with Gasteiger partial charge in [0.05, 0.1) is 0 Å². The summed E-state index contributed by atoms with van der Waals surface area (Å²) in [6.07, 6.45) is 2.84. The number of nitrogens with one attached hydrogen (secondary N) is 1. The Morgan fingerprint density at radius 2 is 1.83 bits per heavy atom. The molecule has 0 aliphatic rings. The molecular weight excluding hydrogens is 324 g/mol. The van der Waals surface area contributed by atoms with Crippen LogP contribution in [-0.4, -0.2) is 26.1 Å². The summed E-state index contributed by atoms with van der Waals surface area (Å²) in [7, 11) is 0. The minimum atomic E-state index is -0.460. The van der Waals surface area contributed by atoms with Gasteiger partial charge in [0.2, 0.25) is 5.13 Å². The molecule has 2 aromatic heterocycles. The molecule has 0 spiro atoms. The molecule has 0 saturated carbocycles. The molecule has 0 aliphatic carbocycles. The van der Waals surface area contributed by atoms with E-state index >= 15 is 0 Å². The maximum absolute atomic E-state index is 12.1. The molecule has 2 heterocycles. The fourth-order valence-corrected chi connectivity index (χ4v) is 2.83. The van der Waals surface area contributed by atoms with Gasteiger partial charge >= 0.3 is 0 Å². The highest BCUT2D eigenvalue weighted by Crippen LogP contribution is 2.28. The van der Waals surface area contributed by atoms with Crippen molar-refractivity contribution in [3.8, 4) is 10.6 Å². The number of rotatable bonds is 4. The van der Waals surface area contributed by atoms with E-state index < -0.39 is 5.91 Å². The summed E-state index contributed by atoms with van der Waals surface area (Å²) in [5.41, 5.74) is 7.92. The largest absolute Gasteiger partial charge is 0.382 e. The maximum atomic E-state index is 12.1. The molecule has 7 nitrogen and oxygen atoms in total. The predicted octanol–water partition coefficient (Wildman–Crippen LogP) is 2.95. The van der Waals surface area contributed by atoms with Crippen LogP contribution in [0.5, 0.6) is 0 Å². The van der Waals surface area contributed by atoms with E-state index in [-0.39, 0.29) is 11.5 Å². The van der Waals surface area contributed by atoms with E-state index in [1.165, 1.54) is 29.3 Å². The summed E-state index contributed by atoms with van der Waals surface area (Å²) >= 11 is 1.29. The van der Waals surface area contributed by atoms with Gasteiger partial charge in [0.1, 0.15) is 5.01 Å². The predicted molar refractivity (Wildman–Crippen MR) is 93.8 cm³/mol. The van der Waals surface area contributed by atoms with Gasteiger partial charge < -0.3 is 5.73 Å². The number of aromatic nitrogens is 4. The quantitative estimate of drug-likeness (QED) is 0.756. The first kappa shape index (κ1) is 16.0. The molecule has 0 unspecified atom stereocenters. The second-order valence-corrected chi connectivity index (χ2v) is 6.41. The average molecular weight is 340 g/mol. The van der Waals surface area contributed by atoms with Crippen LogP contribution in [0.15, 0.2) is 36.7 Å². The van der Waals surface area contributed by atoms with Gasteiger partial charge in [-0.1, -0.05) is 49.4 Å². The SMILES string of the molecule is CC(C)c1ccc(-c2nnc(NC(=O)c3nccnc3N)s2)cc1. The van der Waals surface area contributed by atoms with E-state index in [1.54, 1.807) is 0 Å². The lowest BCUT2D eigenvalue weighted by Gasteiger charge is -2.04. The maximum Gasteiger partial charge on any atom is 0.279 e. The lowest BCUT2D eigenvalue weighted by atomic mass is 10.0. The van der Waals surface area contributed by atoms with E-state index in [9.17, 15) is 4.79 Å². The lowest BCUT2D eigenvalue weighted by Crippen LogP contribution is -2.16. The summed E-state index contributed by atoms with van der Waals surface area (Å²) in [5, 5.41) is 11.9. The number of benzene rings is 1. The van der Waals surface area contributed by atoms with Crippen LogP contribution in [0.2, 0.25) is 0 Å². The highest BCUT2D eigenvalue weighted by atomic mass is 32.1. The van der Waals surface area contributed by atoms with Crippen molar-refractivity contribution in [3.05, 3.63) is 47.9 Å². The van der Waals surface area contributed by atoms with Crippen molar-refractivity contribution >= 4 is 28.2 Å². The highest BCUT2D eigenvalue weighted by Gasteiger charge is 2.15. The van der Waals surface area contributed by atoms with E-state index in [1.807, 2.05) is 12.1 Å². The van der Waals surface area contributed by atoms with Crippen LogP contribution in [0.3, 0.4) is 0 Å². The molecular formula is C16H16N6OS. The highest BCUT2D eigenvalue weighted by molar-refractivity contribution is 7.18. The molecule has 3 aromatic rings. The van der Waals surface area contributed by atoms with Crippen LogP contribution >= 0.6 is 11.3 Å². The fourth-order valence-electron chi connectivity index (χ4n) is 2.08. The Kier molecular flexibility index (Phi) is 4.48. The summed E-state index contributed by atoms with van der Waals surface area (Å²) in [5.74, 6) is 0.0863. The zero-order valence-corrected chi connectivity index (χ0v) is 14.0. The number of amides is 1. The number of anilines is 2. The van der Waals surface area contributed by atoms with Crippen molar-refractivity contribution in [2.75, 3.05) is 11.1 Å². The number of nitrogens with two attached hydrogens (primary N) is 1. The molecule has 3 N–H and O–H groups in total. The zero-order chi connectivity index (χ0) is 17.1. The van der Waals surface area contributed by atoms with Crippen molar-refractivity contribution in [1.29, 1.82) is 0 Å². The number of nitrogens with zero attached hydrogens (tertiary/aromatic N) is 4. The van der Waals surface area contributed by atoms with Crippen molar-refractivity contribution in [1.82, 2.24) is 20.2 Å². The number of hydrogen-bond donors (Lipinski definition) is 2. The molecule has 3 rings (SSSR count). The summed E-state index contributed by atoms with van der Waals surface area (Å²) in [6, 6.07) is 8.14. The summed E-state index contributed by atoms with van der Waals surface area (Å²) in [6.45, 7) is 4.29. The second-order valence-electron chi connectivity index (χ2n) is 5.43. The van der Waals surface area contributed by atoms with Crippen molar-refractivity contribution < 1.29 is 4.79 Å². The first-order chi connectivity index (χ1) is 11.5. The molecule has 24 heavy (non-hydrogen) atoms.